The van der Waals surface area contributed by atoms with Crippen LogP contribution in [0.5, 0.6) is 0 Å². The number of nitro groups is 1. The van der Waals surface area contributed by atoms with Gasteiger partial charge in [-0.2, -0.15) is 0 Å². The van der Waals surface area contributed by atoms with Crippen molar-refractivity contribution in [2.24, 2.45) is 0 Å². The molecule has 0 saturated carbocycles. The lowest BCUT2D eigenvalue weighted by molar-refractivity contribution is -0.384. The summed E-state index contributed by atoms with van der Waals surface area (Å²) in [6.07, 6.45) is -0.940. The van der Waals surface area contributed by atoms with Gasteiger partial charge in [0.15, 0.2) is 0 Å². The smallest absolute Gasteiger partial charge is 0.347 e. The van der Waals surface area contributed by atoms with Crippen molar-refractivity contribution < 1.29 is 24.0 Å². The lowest BCUT2D eigenvalue weighted by Crippen LogP contribution is -2.30. The summed E-state index contributed by atoms with van der Waals surface area (Å²) in [6.45, 7) is 3.02. The Morgan fingerprint density at radius 1 is 1.30 bits per heavy atom. The normalized spacial score (nSPS) is 11.5. The molecule has 0 saturated heterocycles. The fourth-order valence-corrected chi connectivity index (χ4v) is 1.58. The number of non-ortho nitro benzene ring substituents is 1. The molecule has 0 aromatic heterocycles. The van der Waals surface area contributed by atoms with Crippen LogP contribution in [0.4, 0.5) is 5.69 Å². The molecule has 7 heteroatoms. The number of ether oxygens (including phenoxy) is 2. The summed E-state index contributed by atoms with van der Waals surface area (Å²) >= 11 is 0. The fraction of sp³-hybridized carbons (Fsp3) is 0.385. The summed E-state index contributed by atoms with van der Waals surface area (Å²) in [5.41, 5.74) is 0.587. The van der Waals surface area contributed by atoms with Crippen molar-refractivity contribution in [3.63, 3.8) is 0 Å². The highest BCUT2D eigenvalue weighted by Crippen LogP contribution is 2.14. The van der Waals surface area contributed by atoms with Crippen LogP contribution in [0.2, 0.25) is 0 Å². The summed E-state index contributed by atoms with van der Waals surface area (Å²) in [6, 6.07) is 5.67. The van der Waals surface area contributed by atoms with Crippen LogP contribution < -0.4 is 0 Å². The molecule has 1 atom stereocenters. The van der Waals surface area contributed by atoms with Crippen LogP contribution in [-0.4, -0.2) is 29.6 Å². The van der Waals surface area contributed by atoms with Crippen LogP contribution in [-0.2, 0) is 25.5 Å². The molecule has 0 fully saturated rings. The monoisotopic (exact) mass is 281 g/mol. The van der Waals surface area contributed by atoms with E-state index in [4.69, 9.17) is 9.47 Å². The van der Waals surface area contributed by atoms with Crippen molar-refractivity contribution in [2.45, 2.75) is 26.4 Å². The van der Waals surface area contributed by atoms with Gasteiger partial charge in [-0.05, 0) is 12.5 Å². The predicted molar refractivity (Wildman–Crippen MR) is 69.0 cm³/mol. The van der Waals surface area contributed by atoms with Crippen molar-refractivity contribution in [3.8, 4) is 0 Å². The number of carbonyl (C=O) groups is 2. The van der Waals surface area contributed by atoms with Gasteiger partial charge in [0.1, 0.15) is 0 Å². The van der Waals surface area contributed by atoms with Crippen molar-refractivity contribution in [1.29, 1.82) is 0 Å². The van der Waals surface area contributed by atoms with Gasteiger partial charge in [-0.25, -0.2) is 4.79 Å². The quantitative estimate of drug-likeness (QED) is 0.446. The van der Waals surface area contributed by atoms with E-state index in [1.807, 2.05) is 0 Å². The van der Waals surface area contributed by atoms with Gasteiger partial charge in [0.25, 0.3) is 5.69 Å². The van der Waals surface area contributed by atoms with E-state index in [-0.39, 0.29) is 18.7 Å². The average Bonchev–Trinajstić information content (AvgIpc) is 2.38. The summed E-state index contributed by atoms with van der Waals surface area (Å²) in [4.78, 5) is 32.6. The lowest BCUT2D eigenvalue weighted by atomic mass is 10.1. The Hall–Kier alpha value is -2.44. The number of carbonyl (C=O) groups excluding carboxylic acids is 2. The van der Waals surface area contributed by atoms with Gasteiger partial charge in [-0.1, -0.05) is 12.1 Å². The molecule has 0 spiro atoms. The Bertz CT molecular complexity index is 496. The van der Waals surface area contributed by atoms with E-state index in [9.17, 15) is 19.7 Å². The Balaban J connectivity index is 2.80. The minimum atomic E-state index is -1.05. The SMILES string of the molecule is CCOC(=O)C(Cc1ccc([N+](=O)[O-])cc1)OC(C)=O. The third-order valence-corrected chi connectivity index (χ3v) is 2.43. The van der Waals surface area contributed by atoms with Crippen LogP contribution in [0.15, 0.2) is 24.3 Å². The largest absolute Gasteiger partial charge is 0.463 e. The average molecular weight is 281 g/mol. The van der Waals surface area contributed by atoms with Gasteiger partial charge in [0.05, 0.1) is 11.5 Å². The molecule has 0 aliphatic carbocycles. The molecular weight excluding hydrogens is 266 g/mol. The van der Waals surface area contributed by atoms with E-state index in [2.05, 4.69) is 0 Å². The summed E-state index contributed by atoms with van der Waals surface area (Å²) in [7, 11) is 0. The molecule has 7 nitrogen and oxygen atoms in total. The zero-order chi connectivity index (χ0) is 15.1. The number of nitro benzene ring substituents is 1. The summed E-state index contributed by atoms with van der Waals surface area (Å²) < 4.78 is 9.71. The van der Waals surface area contributed by atoms with E-state index < -0.39 is 23.0 Å². The van der Waals surface area contributed by atoms with Crippen LogP contribution in [0.3, 0.4) is 0 Å². The molecule has 0 radical (unpaired) electrons. The topological polar surface area (TPSA) is 95.7 Å². The summed E-state index contributed by atoms with van der Waals surface area (Å²) in [5, 5.41) is 10.5. The van der Waals surface area contributed by atoms with Gasteiger partial charge in [-0.15, -0.1) is 0 Å². The first kappa shape index (κ1) is 15.6. The molecule has 1 unspecified atom stereocenters. The van der Waals surface area contributed by atoms with E-state index in [1.54, 1.807) is 6.92 Å². The zero-order valence-corrected chi connectivity index (χ0v) is 11.2. The lowest BCUT2D eigenvalue weighted by Gasteiger charge is -2.15. The molecule has 1 aromatic rings. The maximum absolute atomic E-state index is 11.7. The zero-order valence-electron chi connectivity index (χ0n) is 11.2. The number of hydrogen-bond acceptors (Lipinski definition) is 6. The van der Waals surface area contributed by atoms with E-state index in [0.717, 1.165) is 0 Å². The van der Waals surface area contributed by atoms with E-state index in [0.29, 0.717) is 5.56 Å². The van der Waals surface area contributed by atoms with Gasteiger partial charge in [0.2, 0.25) is 6.10 Å². The molecule has 0 aliphatic rings. The molecule has 1 aromatic carbocycles. The van der Waals surface area contributed by atoms with Crippen molar-refractivity contribution in [3.05, 3.63) is 39.9 Å². The highest BCUT2D eigenvalue weighted by molar-refractivity contribution is 5.78. The van der Waals surface area contributed by atoms with Crippen molar-refractivity contribution in [1.82, 2.24) is 0 Å². The first-order chi connectivity index (χ1) is 9.43. The molecule has 0 N–H and O–H groups in total. The van der Waals surface area contributed by atoms with Gasteiger partial charge >= 0.3 is 11.9 Å². The number of esters is 2. The molecular formula is C13H15NO6. The van der Waals surface area contributed by atoms with Crippen LogP contribution in [0.25, 0.3) is 0 Å². The Morgan fingerprint density at radius 3 is 2.35 bits per heavy atom. The molecule has 0 heterocycles. The van der Waals surface area contributed by atoms with Gasteiger partial charge in [0, 0.05) is 25.5 Å². The highest BCUT2D eigenvalue weighted by atomic mass is 16.6. The van der Waals surface area contributed by atoms with Crippen molar-refractivity contribution >= 4 is 17.6 Å². The predicted octanol–water partition coefficient (Wildman–Crippen LogP) is 1.63. The third kappa shape index (κ3) is 4.68. The fourth-order valence-electron chi connectivity index (χ4n) is 1.58. The highest BCUT2D eigenvalue weighted by Gasteiger charge is 2.23. The first-order valence-corrected chi connectivity index (χ1v) is 6.01. The molecule has 0 amide bonds. The maximum Gasteiger partial charge on any atom is 0.347 e. The first-order valence-electron chi connectivity index (χ1n) is 6.01. The molecule has 0 aliphatic heterocycles. The van der Waals surface area contributed by atoms with Crippen LogP contribution in [0.1, 0.15) is 19.4 Å². The number of benzene rings is 1. The Kier molecular flexibility index (Phi) is 5.64. The van der Waals surface area contributed by atoms with Gasteiger partial charge < -0.3 is 9.47 Å². The van der Waals surface area contributed by atoms with Gasteiger partial charge in [-0.3, -0.25) is 14.9 Å². The molecule has 20 heavy (non-hydrogen) atoms. The maximum atomic E-state index is 11.7. The minimum Gasteiger partial charge on any atom is -0.463 e. The second-order valence-corrected chi connectivity index (χ2v) is 3.98. The number of nitrogens with zero attached hydrogens (tertiary/aromatic N) is 1. The molecule has 108 valence electrons. The molecule has 1 rings (SSSR count). The van der Waals surface area contributed by atoms with E-state index >= 15 is 0 Å². The second-order valence-electron chi connectivity index (χ2n) is 3.98. The molecule has 0 bridgehead atoms. The summed E-state index contributed by atoms with van der Waals surface area (Å²) in [5.74, 6) is -1.23. The Morgan fingerprint density at radius 2 is 1.90 bits per heavy atom. The van der Waals surface area contributed by atoms with E-state index in [1.165, 1.54) is 31.2 Å². The standard InChI is InChI=1S/C13H15NO6/c1-3-19-13(16)12(20-9(2)15)8-10-4-6-11(7-5-10)14(17)18/h4-7,12H,3,8H2,1-2H3. The minimum absolute atomic E-state index is 0.0473. The number of rotatable bonds is 6. The van der Waals surface area contributed by atoms with Crippen LogP contribution in [0, 0.1) is 10.1 Å². The van der Waals surface area contributed by atoms with Crippen molar-refractivity contribution in [2.75, 3.05) is 6.61 Å². The second kappa shape index (κ2) is 7.22. The third-order valence-electron chi connectivity index (χ3n) is 2.43. The van der Waals surface area contributed by atoms with Crippen LogP contribution >= 0.6 is 0 Å². The number of hydrogen-bond donors (Lipinski definition) is 0. The Labute approximate surface area is 115 Å².